The van der Waals surface area contributed by atoms with Gasteiger partial charge in [0.05, 0.1) is 6.26 Å². The third kappa shape index (κ3) is 2.65. The summed E-state index contributed by atoms with van der Waals surface area (Å²) in [6.45, 7) is 2.31. The minimum atomic E-state index is -0.411. The van der Waals surface area contributed by atoms with Gasteiger partial charge in [0.2, 0.25) is 0 Å². The molecule has 2 aromatic carbocycles. The van der Waals surface area contributed by atoms with Gasteiger partial charge in [0, 0.05) is 17.2 Å². The smallest absolute Gasteiger partial charge is 0.130 e. The predicted octanol–water partition coefficient (Wildman–Crippen LogP) is 8.01. The Morgan fingerprint density at radius 2 is 1.83 bits per heavy atom. The fourth-order valence-electron chi connectivity index (χ4n) is 4.86. The molecule has 3 atom stereocenters. The molecule has 1 aromatic heterocycles. The molecule has 29 heavy (non-hydrogen) atoms. The second kappa shape index (κ2) is 6.58. The lowest BCUT2D eigenvalue weighted by Crippen LogP contribution is -1.99. The topological polar surface area (TPSA) is 13.1 Å². The van der Waals surface area contributed by atoms with E-state index < -0.39 is 7.92 Å². The monoisotopic (exact) mass is 392 g/mol. The lowest BCUT2D eigenvalue weighted by molar-refractivity contribution is 0.551. The number of hydrogen-bond acceptors (Lipinski definition) is 1. The average Bonchev–Trinajstić information content (AvgIpc) is 3.52. The Morgan fingerprint density at radius 1 is 0.931 bits per heavy atom. The van der Waals surface area contributed by atoms with E-state index >= 15 is 0 Å². The van der Waals surface area contributed by atoms with Gasteiger partial charge in [0.25, 0.3) is 0 Å². The van der Waals surface area contributed by atoms with Crippen molar-refractivity contribution in [3.8, 4) is 11.1 Å². The minimum Gasteiger partial charge on any atom is -0.465 e. The molecular formula is C27H21OP. The number of benzene rings is 2. The minimum absolute atomic E-state index is 0.364. The molecule has 2 heteroatoms. The first-order chi connectivity index (χ1) is 14.3. The summed E-state index contributed by atoms with van der Waals surface area (Å²) in [6.07, 6.45) is 13.5. The van der Waals surface area contributed by atoms with Gasteiger partial charge in [-0.05, 0) is 72.0 Å². The molecule has 2 aliphatic carbocycles. The SMILES string of the molecule is CC1=CC2C=CC=C2P1C1C(c2ccco2)=Cc2cc(-c3ccccc3)ccc21. The molecule has 0 spiro atoms. The highest BCUT2D eigenvalue weighted by atomic mass is 31.1. The van der Waals surface area contributed by atoms with Crippen LogP contribution in [-0.4, -0.2) is 0 Å². The zero-order valence-electron chi connectivity index (χ0n) is 16.2. The van der Waals surface area contributed by atoms with Crippen molar-refractivity contribution in [2.24, 2.45) is 5.92 Å². The summed E-state index contributed by atoms with van der Waals surface area (Å²) in [5.41, 5.74) is 6.98. The molecule has 3 unspecified atom stereocenters. The fraction of sp³-hybridized carbons (Fsp3) is 0.111. The number of hydrogen-bond donors (Lipinski definition) is 0. The quantitative estimate of drug-likeness (QED) is 0.411. The zero-order chi connectivity index (χ0) is 19.4. The molecule has 1 aliphatic heterocycles. The molecule has 0 bridgehead atoms. The van der Waals surface area contributed by atoms with Gasteiger partial charge in [-0.3, -0.25) is 0 Å². The van der Waals surface area contributed by atoms with Gasteiger partial charge >= 0.3 is 0 Å². The van der Waals surface area contributed by atoms with Gasteiger partial charge in [0.15, 0.2) is 0 Å². The maximum atomic E-state index is 5.89. The van der Waals surface area contributed by atoms with E-state index in [1.807, 2.05) is 6.07 Å². The van der Waals surface area contributed by atoms with E-state index in [-0.39, 0.29) is 0 Å². The van der Waals surface area contributed by atoms with Crippen LogP contribution in [-0.2, 0) is 0 Å². The number of allylic oxidation sites excluding steroid dienone is 7. The van der Waals surface area contributed by atoms with E-state index in [4.69, 9.17) is 4.42 Å². The zero-order valence-corrected chi connectivity index (χ0v) is 17.1. The Morgan fingerprint density at radius 3 is 2.66 bits per heavy atom. The Bertz CT molecular complexity index is 1210. The largest absolute Gasteiger partial charge is 0.465 e. The number of rotatable bonds is 3. The van der Waals surface area contributed by atoms with E-state index in [0.29, 0.717) is 11.6 Å². The molecule has 0 radical (unpaired) electrons. The molecule has 0 saturated heterocycles. The molecule has 3 aromatic rings. The standard InChI is InChI=1S/C27H21OP/c1-18-15-21-9-5-11-26(21)29(18)27-23-13-12-20(19-7-3-2-4-8-19)16-22(23)17-24(27)25-10-6-14-28-25/h2-17,21,27H,1H3. The molecule has 0 N–H and O–H groups in total. The van der Waals surface area contributed by atoms with Crippen LogP contribution in [0.2, 0.25) is 0 Å². The van der Waals surface area contributed by atoms with Gasteiger partial charge in [-0.15, -0.1) is 0 Å². The van der Waals surface area contributed by atoms with Crippen molar-refractivity contribution < 1.29 is 4.42 Å². The van der Waals surface area contributed by atoms with Gasteiger partial charge < -0.3 is 4.42 Å². The van der Waals surface area contributed by atoms with E-state index in [9.17, 15) is 0 Å². The summed E-state index contributed by atoms with van der Waals surface area (Å²) in [6, 6.07) is 21.7. The van der Waals surface area contributed by atoms with Gasteiger partial charge in [-0.2, -0.15) is 0 Å². The highest BCUT2D eigenvalue weighted by molar-refractivity contribution is 7.67. The van der Waals surface area contributed by atoms with Gasteiger partial charge in [0.1, 0.15) is 5.76 Å². The first-order valence-corrected chi connectivity index (χ1v) is 11.5. The maximum Gasteiger partial charge on any atom is 0.130 e. The van der Waals surface area contributed by atoms with Crippen LogP contribution in [0.3, 0.4) is 0 Å². The first-order valence-electron chi connectivity index (χ1n) is 10.1. The van der Waals surface area contributed by atoms with Gasteiger partial charge in [-0.1, -0.05) is 66.8 Å². The van der Waals surface area contributed by atoms with Crippen LogP contribution in [0.4, 0.5) is 0 Å². The van der Waals surface area contributed by atoms with Crippen LogP contribution in [0, 0.1) is 5.92 Å². The molecule has 6 rings (SSSR count). The van der Waals surface area contributed by atoms with Crippen molar-refractivity contribution in [3.05, 3.63) is 119 Å². The lowest BCUT2D eigenvalue weighted by Gasteiger charge is -2.27. The molecular weight excluding hydrogens is 371 g/mol. The van der Waals surface area contributed by atoms with E-state index in [1.165, 1.54) is 33.1 Å². The Hall–Kier alpha value is -2.89. The van der Waals surface area contributed by atoms with E-state index in [2.05, 4.69) is 91.9 Å². The van der Waals surface area contributed by atoms with Crippen molar-refractivity contribution >= 4 is 19.6 Å². The average molecular weight is 392 g/mol. The third-order valence-electron chi connectivity index (χ3n) is 6.16. The normalized spacial score (nSPS) is 24.2. The molecule has 0 saturated carbocycles. The van der Waals surface area contributed by atoms with Crippen LogP contribution in [0.25, 0.3) is 22.8 Å². The summed E-state index contributed by atoms with van der Waals surface area (Å²) >= 11 is 0. The molecule has 0 fully saturated rings. The van der Waals surface area contributed by atoms with Crippen LogP contribution < -0.4 is 0 Å². The maximum absolute atomic E-state index is 5.89. The molecule has 3 aliphatic rings. The number of furan rings is 1. The second-order valence-electron chi connectivity index (χ2n) is 7.87. The van der Waals surface area contributed by atoms with Crippen molar-refractivity contribution in [1.82, 2.24) is 0 Å². The number of fused-ring (bicyclic) bond motifs is 2. The Kier molecular flexibility index (Phi) is 3.86. The van der Waals surface area contributed by atoms with Gasteiger partial charge in [-0.25, -0.2) is 0 Å². The van der Waals surface area contributed by atoms with Crippen molar-refractivity contribution in [3.63, 3.8) is 0 Å². The lowest BCUT2D eigenvalue weighted by atomic mass is 10.0. The van der Waals surface area contributed by atoms with Crippen molar-refractivity contribution in [2.45, 2.75) is 12.6 Å². The Labute approximate surface area is 172 Å². The third-order valence-corrected chi connectivity index (χ3v) is 9.15. The highest BCUT2D eigenvalue weighted by Gasteiger charge is 2.41. The fourth-order valence-corrected chi connectivity index (χ4v) is 8.02. The summed E-state index contributed by atoms with van der Waals surface area (Å²) in [4.78, 5) is 0. The van der Waals surface area contributed by atoms with Crippen molar-refractivity contribution in [1.29, 1.82) is 0 Å². The molecule has 2 heterocycles. The summed E-state index contributed by atoms with van der Waals surface area (Å²) < 4.78 is 5.89. The second-order valence-corrected chi connectivity index (χ2v) is 10.3. The molecule has 140 valence electrons. The first kappa shape index (κ1) is 17.0. The summed E-state index contributed by atoms with van der Waals surface area (Å²) in [5, 5.41) is 3.11. The van der Waals surface area contributed by atoms with E-state index in [0.717, 1.165) is 5.76 Å². The van der Waals surface area contributed by atoms with Crippen LogP contribution in [0.15, 0.2) is 106 Å². The van der Waals surface area contributed by atoms with Crippen LogP contribution >= 0.6 is 7.92 Å². The summed E-state index contributed by atoms with van der Waals surface area (Å²) in [7, 11) is -0.411. The molecule has 1 nitrogen and oxygen atoms in total. The predicted molar refractivity (Wildman–Crippen MR) is 123 cm³/mol. The van der Waals surface area contributed by atoms with Crippen molar-refractivity contribution in [2.75, 3.05) is 0 Å². The van der Waals surface area contributed by atoms with Crippen LogP contribution in [0.1, 0.15) is 29.5 Å². The Balaban J connectivity index is 1.50. The highest BCUT2D eigenvalue weighted by Crippen LogP contribution is 2.74. The summed E-state index contributed by atoms with van der Waals surface area (Å²) in [5.74, 6) is 1.49. The molecule has 0 amide bonds. The van der Waals surface area contributed by atoms with Crippen LogP contribution in [0.5, 0.6) is 0 Å². The van der Waals surface area contributed by atoms with E-state index in [1.54, 1.807) is 11.6 Å².